The number of hydrogen-bond acceptors (Lipinski definition) is 7. The van der Waals surface area contributed by atoms with Crippen LogP contribution in [0.2, 0.25) is 0 Å². The molecule has 12 nitrogen and oxygen atoms in total. The lowest BCUT2D eigenvalue weighted by Gasteiger charge is -2.05. The highest BCUT2D eigenvalue weighted by molar-refractivity contribution is 6.49. The number of Topliss-reactive ketones (excluding diaryl/α,β-unsaturated/α-hetero) is 2. The lowest BCUT2D eigenvalue weighted by atomic mass is 10.1. The number of amides is 2. The van der Waals surface area contributed by atoms with Crippen LogP contribution in [-0.4, -0.2) is 47.9 Å². The number of halogens is 3. The van der Waals surface area contributed by atoms with Gasteiger partial charge >= 0.3 is 0 Å². The van der Waals surface area contributed by atoms with Gasteiger partial charge in [0.05, 0.1) is 11.1 Å². The molecule has 6 aromatic carbocycles. The largest absolute Gasteiger partial charge is 0.399 e. The van der Waals surface area contributed by atoms with Crippen LogP contribution < -0.4 is 16.4 Å². The van der Waals surface area contributed by atoms with Crippen LogP contribution in [0.25, 0.3) is 32.7 Å². The molecule has 15 heteroatoms. The molecule has 11 rings (SSSR count). The van der Waals surface area contributed by atoms with Crippen molar-refractivity contribution in [3.8, 4) is 0 Å². The minimum absolute atomic E-state index is 0.219. The highest BCUT2D eigenvalue weighted by Crippen LogP contribution is 2.24. The van der Waals surface area contributed by atoms with E-state index in [2.05, 4.69) is 48.8 Å². The van der Waals surface area contributed by atoms with Gasteiger partial charge in [0.15, 0.2) is 0 Å². The maximum absolute atomic E-state index is 13.2. The number of carbonyl (C=O) groups excluding carboxylic acids is 4. The van der Waals surface area contributed by atoms with E-state index in [-0.39, 0.29) is 11.6 Å². The van der Waals surface area contributed by atoms with Gasteiger partial charge in [-0.1, -0.05) is 97.1 Å². The van der Waals surface area contributed by atoms with E-state index < -0.39 is 23.4 Å². The quantitative estimate of drug-likeness (QED) is 0.0413. The fraction of sp³-hybridized carbons (Fsp3) is 0.0345. The average Bonchev–Trinajstić information content (AvgIpc) is 4.19. The van der Waals surface area contributed by atoms with E-state index in [1.54, 1.807) is 79.4 Å². The number of nitrogens with zero attached hydrogens (tertiary/aromatic N) is 3. The van der Waals surface area contributed by atoms with Crippen LogP contribution in [0.5, 0.6) is 0 Å². The second-order valence-corrected chi connectivity index (χ2v) is 16.1. The standard InChI is InChI=1S/C22H16FN3O2.C15H11N3O2.C8H7N.C7H6ClF.C6H7N/c23-16-7-5-15(6-8-16)13-26-14-19(18-3-1-2-4-20(18)26)21(27)22(28)25-17-9-11-24-12-10-17;19-14(15(20)18-10-5-7-16-8-6-10)12-9-17-13-4-2-1-3-11(12)13;1-2-4-8-7(3-1)5-6-9-8;8-5-6-1-3-7(9)4-2-6;7-6-4-2-1-3-5-6/h1-12,14H,13H2,(H,24,25,28);1-9,17H,(H,16,18,20);1-6,9H;1-4H,5H2;1-5H,7H2. The molecule has 0 unspecified atom stereocenters. The predicted molar refractivity (Wildman–Crippen MR) is 285 cm³/mol. The number of aromatic nitrogens is 5. The van der Waals surface area contributed by atoms with E-state index in [0.29, 0.717) is 40.3 Å². The van der Waals surface area contributed by atoms with Crippen molar-refractivity contribution in [3.63, 3.8) is 0 Å². The molecule has 0 aliphatic rings. The first-order valence-corrected chi connectivity index (χ1v) is 23.1. The summed E-state index contributed by atoms with van der Waals surface area (Å²) in [7, 11) is 0. The van der Waals surface area contributed by atoms with E-state index >= 15 is 0 Å². The molecule has 6 N–H and O–H groups in total. The molecule has 0 aliphatic carbocycles. The fourth-order valence-corrected chi connectivity index (χ4v) is 7.29. The molecule has 0 atom stereocenters. The number of alkyl halides is 1. The van der Waals surface area contributed by atoms with E-state index in [4.69, 9.17) is 17.3 Å². The summed E-state index contributed by atoms with van der Waals surface area (Å²) < 4.78 is 27.2. The third kappa shape index (κ3) is 14.7. The normalized spacial score (nSPS) is 10.2. The van der Waals surface area contributed by atoms with Crippen molar-refractivity contribution in [2.45, 2.75) is 12.4 Å². The highest BCUT2D eigenvalue weighted by Gasteiger charge is 2.22. The maximum Gasteiger partial charge on any atom is 0.296 e. The van der Waals surface area contributed by atoms with Crippen molar-refractivity contribution in [3.05, 3.63) is 259 Å². The van der Waals surface area contributed by atoms with Gasteiger partial charge in [0.2, 0.25) is 0 Å². The first kappa shape index (κ1) is 51.3. The fourth-order valence-electron chi connectivity index (χ4n) is 7.12. The smallest absolute Gasteiger partial charge is 0.296 e. The number of benzene rings is 6. The number of aromatic amines is 2. The molecule has 2 amide bonds. The highest BCUT2D eigenvalue weighted by atomic mass is 35.5. The van der Waals surface area contributed by atoms with Gasteiger partial charge in [-0.2, -0.15) is 0 Å². The Balaban J connectivity index is 0.000000149. The summed E-state index contributed by atoms with van der Waals surface area (Å²) in [5.41, 5.74) is 12.6. The van der Waals surface area contributed by atoms with Gasteiger partial charge in [-0.3, -0.25) is 29.1 Å². The van der Waals surface area contributed by atoms with Crippen molar-refractivity contribution in [1.82, 2.24) is 24.5 Å². The zero-order valence-corrected chi connectivity index (χ0v) is 39.7. The number of pyridine rings is 2. The summed E-state index contributed by atoms with van der Waals surface area (Å²) >= 11 is 5.46. The minimum atomic E-state index is -0.712. The molecule has 0 spiro atoms. The van der Waals surface area contributed by atoms with Crippen LogP contribution in [0.4, 0.5) is 25.8 Å². The summed E-state index contributed by atoms with van der Waals surface area (Å²) in [6.07, 6.45) is 11.3. The molecule has 0 saturated heterocycles. The van der Waals surface area contributed by atoms with Gasteiger partial charge in [-0.05, 0) is 101 Å². The lowest BCUT2D eigenvalue weighted by Crippen LogP contribution is -2.22. The molecule has 0 fully saturated rings. The zero-order chi connectivity index (χ0) is 51.4. The number of nitrogens with one attached hydrogen (secondary N) is 4. The maximum atomic E-state index is 13.2. The molecule has 73 heavy (non-hydrogen) atoms. The lowest BCUT2D eigenvalue weighted by molar-refractivity contribution is -0.113. The number of anilines is 3. The van der Waals surface area contributed by atoms with Crippen LogP contribution in [0, 0.1) is 11.6 Å². The van der Waals surface area contributed by atoms with Crippen molar-refractivity contribution in [2.75, 3.05) is 16.4 Å². The van der Waals surface area contributed by atoms with Gasteiger partial charge in [-0.15, -0.1) is 11.6 Å². The summed E-state index contributed by atoms with van der Waals surface area (Å²) in [6.45, 7) is 0.458. The minimum Gasteiger partial charge on any atom is -0.399 e. The van der Waals surface area contributed by atoms with Crippen molar-refractivity contribution in [1.29, 1.82) is 0 Å². The number of fused-ring (bicyclic) bond motifs is 3. The van der Waals surface area contributed by atoms with Crippen LogP contribution >= 0.6 is 11.6 Å². The third-order valence-corrected chi connectivity index (χ3v) is 11.1. The van der Waals surface area contributed by atoms with Crippen LogP contribution in [0.1, 0.15) is 31.8 Å². The van der Waals surface area contributed by atoms with E-state index in [1.807, 2.05) is 95.7 Å². The number of nitrogen functional groups attached to an aromatic ring is 1. The Labute approximate surface area is 423 Å². The summed E-state index contributed by atoms with van der Waals surface area (Å²) in [6, 6.07) is 53.3. The summed E-state index contributed by atoms with van der Waals surface area (Å²) in [5.74, 6) is -2.64. The number of hydrogen-bond donors (Lipinski definition) is 5. The topological polar surface area (TPSA) is 181 Å². The molecule has 0 radical (unpaired) electrons. The molecule has 0 bridgehead atoms. The molecule has 11 aromatic rings. The first-order valence-electron chi connectivity index (χ1n) is 22.6. The Morgan fingerprint density at radius 2 is 1.04 bits per heavy atom. The number of H-pyrrole nitrogens is 2. The molecule has 5 aromatic heterocycles. The molecule has 5 heterocycles. The molecule has 0 aliphatic heterocycles. The molecular weight excluding hydrogens is 946 g/mol. The molecule has 364 valence electrons. The van der Waals surface area contributed by atoms with Crippen molar-refractivity contribution < 1.29 is 28.0 Å². The average molecular weight is 994 g/mol. The Kier molecular flexibility index (Phi) is 18.2. The molecule has 0 saturated carbocycles. The molecular formula is C58H47ClF2N8O4. The van der Waals surface area contributed by atoms with Crippen LogP contribution in [-0.2, 0) is 22.0 Å². The number of para-hydroxylation sites is 4. The van der Waals surface area contributed by atoms with Crippen LogP contribution in [0.3, 0.4) is 0 Å². The van der Waals surface area contributed by atoms with Crippen molar-refractivity contribution in [2.24, 2.45) is 0 Å². The SMILES string of the molecule is Fc1ccc(CCl)cc1.Nc1ccccc1.O=C(Nc1ccncc1)C(=O)c1c[nH]c2ccccc12.O=C(Nc1ccncc1)C(=O)c1cn(Cc2ccc(F)cc2)c2ccccc12.c1ccc2[nH]ccc2c1. The Morgan fingerprint density at radius 1 is 0.534 bits per heavy atom. The van der Waals surface area contributed by atoms with Gasteiger partial charge in [0, 0.05) is 100 Å². The number of nitrogens with two attached hydrogens (primary N) is 1. The summed E-state index contributed by atoms with van der Waals surface area (Å²) in [4.78, 5) is 63.2. The number of carbonyl (C=O) groups is 4. The van der Waals surface area contributed by atoms with Crippen molar-refractivity contribution >= 4 is 84.8 Å². The first-order chi connectivity index (χ1) is 35.6. The van der Waals surface area contributed by atoms with Gasteiger partial charge < -0.3 is 30.9 Å². The van der Waals surface area contributed by atoms with Gasteiger partial charge in [-0.25, -0.2) is 8.78 Å². The Hall–Kier alpha value is -9.53. The predicted octanol–water partition coefficient (Wildman–Crippen LogP) is 12.4. The number of ketones is 2. The third-order valence-electron chi connectivity index (χ3n) is 10.8. The number of rotatable bonds is 9. The van der Waals surface area contributed by atoms with E-state index in [9.17, 15) is 28.0 Å². The summed E-state index contributed by atoms with van der Waals surface area (Å²) in [5, 5.41) is 7.85. The van der Waals surface area contributed by atoms with E-state index in [0.717, 1.165) is 33.2 Å². The zero-order valence-electron chi connectivity index (χ0n) is 39.0. The second kappa shape index (κ2) is 25.9. The van der Waals surface area contributed by atoms with Gasteiger partial charge in [0.25, 0.3) is 23.4 Å². The Bertz CT molecular complexity index is 3500. The van der Waals surface area contributed by atoms with Crippen LogP contribution in [0.15, 0.2) is 225 Å². The van der Waals surface area contributed by atoms with E-state index in [1.165, 1.54) is 47.6 Å². The Morgan fingerprint density at radius 3 is 1.60 bits per heavy atom. The van der Waals surface area contributed by atoms with Gasteiger partial charge in [0.1, 0.15) is 11.6 Å². The monoisotopic (exact) mass is 992 g/mol. The second-order valence-electron chi connectivity index (χ2n) is 15.8.